The van der Waals surface area contributed by atoms with E-state index in [2.05, 4.69) is 10.6 Å². The molecule has 1 aromatic carbocycles. The molecule has 4 heterocycles. The zero-order chi connectivity index (χ0) is 23.8. The average Bonchev–Trinajstić information content (AvgIpc) is 3.03. The van der Waals surface area contributed by atoms with Gasteiger partial charge in [0.15, 0.2) is 0 Å². The number of nitrogens with one attached hydrogen (secondary N) is 2. The summed E-state index contributed by atoms with van der Waals surface area (Å²) in [6.07, 6.45) is 3.15. The summed E-state index contributed by atoms with van der Waals surface area (Å²) in [6.45, 7) is 2.35. The molecule has 1 aromatic heterocycles. The van der Waals surface area contributed by atoms with Crippen LogP contribution in [0, 0.1) is 16.0 Å². The highest BCUT2D eigenvalue weighted by atomic mass is 16.6. The number of fused-ring (bicyclic) bond motifs is 4. The Labute approximate surface area is 196 Å². The molecule has 3 aliphatic heterocycles. The summed E-state index contributed by atoms with van der Waals surface area (Å²) in [4.78, 5) is 50.7. The minimum absolute atomic E-state index is 0.00986. The second-order valence-corrected chi connectivity index (χ2v) is 9.38. The van der Waals surface area contributed by atoms with Crippen LogP contribution in [0.3, 0.4) is 0 Å². The summed E-state index contributed by atoms with van der Waals surface area (Å²) >= 11 is 0. The number of nitro benzene ring substituents is 1. The molecule has 2 bridgehead atoms. The van der Waals surface area contributed by atoms with E-state index in [9.17, 15) is 24.5 Å². The van der Waals surface area contributed by atoms with Crippen LogP contribution in [0.5, 0.6) is 0 Å². The molecule has 2 saturated heterocycles. The van der Waals surface area contributed by atoms with E-state index in [1.54, 1.807) is 24.3 Å². The van der Waals surface area contributed by atoms with Crippen LogP contribution in [0.25, 0.3) is 0 Å². The molecule has 2 N–H and O–H groups in total. The van der Waals surface area contributed by atoms with E-state index in [0.29, 0.717) is 38.3 Å². The third-order valence-corrected chi connectivity index (χ3v) is 7.10. The number of rotatable bonds is 4. The van der Waals surface area contributed by atoms with Gasteiger partial charge in [-0.1, -0.05) is 6.07 Å². The first kappa shape index (κ1) is 22.1. The lowest BCUT2D eigenvalue weighted by Gasteiger charge is -2.43. The van der Waals surface area contributed by atoms with Crippen LogP contribution >= 0.6 is 0 Å². The maximum absolute atomic E-state index is 12.8. The molecule has 0 saturated carbocycles. The van der Waals surface area contributed by atoms with Crippen molar-refractivity contribution in [3.63, 3.8) is 0 Å². The molecular weight excluding hydrogens is 438 g/mol. The van der Waals surface area contributed by atoms with E-state index in [1.807, 2.05) is 15.5 Å². The highest BCUT2D eigenvalue weighted by Crippen LogP contribution is 2.39. The number of amides is 2. The van der Waals surface area contributed by atoms with Gasteiger partial charge in [-0.25, -0.2) is 0 Å². The molecule has 5 rings (SSSR count). The van der Waals surface area contributed by atoms with Crippen LogP contribution in [0.4, 0.5) is 11.4 Å². The molecule has 2 amide bonds. The molecule has 0 radical (unpaired) electrons. The lowest BCUT2D eigenvalue weighted by molar-refractivity contribution is -0.384. The zero-order valence-electron chi connectivity index (χ0n) is 18.7. The van der Waals surface area contributed by atoms with Crippen LogP contribution in [0.1, 0.15) is 47.7 Å². The van der Waals surface area contributed by atoms with E-state index < -0.39 is 16.9 Å². The first-order valence-electron chi connectivity index (χ1n) is 11.7. The van der Waals surface area contributed by atoms with Crippen LogP contribution in [-0.4, -0.2) is 47.0 Å². The van der Waals surface area contributed by atoms with Gasteiger partial charge in [-0.2, -0.15) is 0 Å². The summed E-state index contributed by atoms with van der Waals surface area (Å²) in [5.41, 5.74) is 1.44. The van der Waals surface area contributed by atoms with Crippen molar-refractivity contribution in [1.29, 1.82) is 0 Å². The Kier molecular flexibility index (Phi) is 5.80. The standard InChI is InChI=1S/C24H27N5O5/c30-22-6-3-5-19-17-10-15(13-28(19)22)12-27(14-17)20-8-7-16(11-21(20)29(33)34)23(31)26-18-4-1-2-9-25-24(18)32/h3,5-8,11,15,17-18H,1-2,4,9-10,12-14H2,(H,25,32)(H,26,31). The topological polar surface area (TPSA) is 127 Å². The number of anilines is 1. The number of carbonyl (C=O) groups excluding carboxylic acids is 2. The summed E-state index contributed by atoms with van der Waals surface area (Å²) < 4.78 is 1.82. The van der Waals surface area contributed by atoms with E-state index in [1.165, 1.54) is 6.07 Å². The zero-order valence-corrected chi connectivity index (χ0v) is 18.7. The largest absolute Gasteiger partial charge is 0.365 e. The average molecular weight is 466 g/mol. The summed E-state index contributed by atoms with van der Waals surface area (Å²) in [5, 5.41) is 17.4. The van der Waals surface area contributed by atoms with Gasteiger partial charge in [-0.05, 0) is 49.8 Å². The van der Waals surface area contributed by atoms with Gasteiger partial charge >= 0.3 is 0 Å². The van der Waals surface area contributed by atoms with Crippen molar-refractivity contribution in [2.75, 3.05) is 24.5 Å². The molecule has 2 fully saturated rings. The van der Waals surface area contributed by atoms with Gasteiger partial charge in [-0.3, -0.25) is 24.5 Å². The first-order valence-corrected chi connectivity index (χ1v) is 11.7. The van der Waals surface area contributed by atoms with Crippen molar-refractivity contribution >= 4 is 23.2 Å². The molecule has 2 aromatic rings. The molecule has 0 spiro atoms. The van der Waals surface area contributed by atoms with E-state index in [0.717, 1.165) is 25.0 Å². The molecule has 178 valence electrons. The molecule has 10 heteroatoms. The van der Waals surface area contributed by atoms with Gasteiger partial charge in [0.05, 0.1) is 4.92 Å². The highest BCUT2D eigenvalue weighted by molar-refractivity contribution is 5.98. The number of nitro groups is 1. The fraction of sp³-hybridized carbons (Fsp3) is 0.458. The van der Waals surface area contributed by atoms with Gasteiger partial charge < -0.3 is 20.1 Å². The van der Waals surface area contributed by atoms with Gasteiger partial charge in [0.25, 0.3) is 17.2 Å². The highest BCUT2D eigenvalue weighted by Gasteiger charge is 2.36. The predicted molar refractivity (Wildman–Crippen MR) is 125 cm³/mol. The van der Waals surface area contributed by atoms with Crippen LogP contribution < -0.4 is 21.1 Å². The molecular formula is C24H27N5O5. The maximum Gasteiger partial charge on any atom is 0.293 e. The predicted octanol–water partition coefficient (Wildman–Crippen LogP) is 1.78. The SMILES string of the molecule is O=C(NC1CCCCNC1=O)c1ccc(N2CC3CC(C2)c2cccc(=O)n2C3)c([N+](=O)[O-])c1. The molecule has 0 aliphatic carbocycles. The molecule has 3 unspecified atom stereocenters. The van der Waals surface area contributed by atoms with Crippen molar-refractivity contribution in [1.82, 2.24) is 15.2 Å². The Balaban J connectivity index is 1.39. The maximum atomic E-state index is 12.8. The fourth-order valence-electron chi connectivity index (χ4n) is 5.49. The van der Waals surface area contributed by atoms with Crippen molar-refractivity contribution in [2.45, 2.75) is 44.2 Å². The summed E-state index contributed by atoms with van der Waals surface area (Å²) in [6, 6.07) is 9.14. The Morgan fingerprint density at radius 1 is 1.12 bits per heavy atom. The van der Waals surface area contributed by atoms with E-state index in [4.69, 9.17) is 0 Å². The number of nitrogens with zero attached hydrogens (tertiary/aromatic N) is 3. The van der Waals surface area contributed by atoms with E-state index in [-0.39, 0.29) is 34.6 Å². The number of hydrogen-bond donors (Lipinski definition) is 2. The third kappa shape index (κ3) is 4.15. The monoisotopic (exact) mass is 465 g/mol. The van der Waals surface area contributed by atoms with Crippen molar-refractivity contribution < 1.29 is 14.5 Å². The van der Waals surface area contributed by atoms with E-state index >= 15 is 0 Å². The molecule has 3 aliphatic rings. The number of piperidine rings is 1. The minimum atomic E-state index is -0.640. The Morgan fingerprint density at radius 2 is 1.97 bits per heavy atom. The van der Waals surface area contributed by atoms with Gasteiger partial charge in [0.2, 0.25) is 5.91 Å². The smallest absolute Gasteiger partial charge is 0.293 e. The third-order valence-electron chi connectivity index (χ3n) is 7.10. The van der Waals surface area contributed by atoms with Crippen molar-refractivity contribution in [3.05, 3.63) is 68.1 Å². The lowest BCUT2D eigenvalue weighted by atomic mass is 9.83. The van der Waals surface area contributed by atoms with Crippen molar-refractivity contribution in [2.24, 2.45) is 5.92 Å². The molecule has 3 atom stereocenters. The van der Waals surface area contributed by atoms with Gasteiger partial charge in [0, 0.05) is 55.5 Å². The molecule has 34 heavy (non-hydrogen) atoms. The quantitative estimate of drug-likeness (QED) is 0.524. The Hall–Kier alpha value is -3.69. The lowest BCUT2D eigenvalue weighted by Crippen LogP contribution is -2.47. The summed E-state index contributed by atoms with van der Waals surface area (Å²) in [5.74, 6) is -0.405. The van der Waals surface area contributed by atoms with Crippen LogP contribution in [0.15, 0.2) is 41.2 Å². The number of benzene rings is 1. The van der Waals surface area contributed by atoms with Crippen LogP contribution in [-0.2, 0) is 11.3 Å². The van der Waals surface area contributed by atoms with Crippen LogP contribution in [0.2, 0.25) is 0 Å². The second kappa shape index (κ2) is 8.92. The molecule has 10 nitrogen and oxygen atoms in total. The number of aromatic nitrogens is 1. The Morgan fingerprint density at radius 3 is 2.79 bits per heavy atom. The minimum Gasteiger partial charge on any atom is -0.365 e. The second-order valence-electron chi connectivity index (χ2n) is 9.38. The number of carbonyl (C=O) groups is 2. The normalized spacial score (nSPS) is 23.9. The summed E-state index contributed by atoms with van der Waals surface area (Å²) in [7, 11) is 0. The fourth-order valence-corrected chi connectivity index (χ4v) is 5.49. The number of hydrogen-bond acceptors (Lipinski definition) is 6. The van der Waals surface area contributed by atoms with Gasteiger partial charge in [0.1, 0.15) is 11.7 Å². The number of pyridine rings is 1. The van der Waals surface area contributed by atoms with Crippen molar-refractivity contribution in [3.8, 4) is 0 Å². The Bertz CT molecular complexity index is 1210. The van der Waals surface area contributed by atoms with Gasteiger partial charge in [-0.15, -0.1) is 0 Å². The first-order chi connectivity index (χ1) is 16.4.